The molecule has 2 amide bonds. The Morgan fingerprint density at radius 2 is 2.35 bits per heavy atom. The third-order valence-electron chi connectivity index (χ3n) is 3.91. The van der Waals surface area contributed by atoms with Gasteiger partial charge < -0.3 is 19.5 Å². The molecule has 1 spiro atoms. The zero-order valence-electron chi connectivity index (χ0n) is 11.2. The van der Waals surface area contributed by atoms with E-state index in [1.165, 1.54) is 0 Å². The molecule has 0 aromatic carbocycles. The van der Waals surface area contributed by atoms with Crippen LogP contribution < -0.4 is 5.32 Å². The van der Waals surface area contributed by atoms with Crippen molar-refractivity contribution in [1.29, 1.82) is 0 Å². The third-order valence-corrected chi connectivity index (χ3v) is 4.12. The van der Waals surface area contributed by atoms with Crippen LogP contribution in [-0.4, -0.2) is 53.1 Å². The minimum absolute atomic E-state index is 0.0585. The summed E-state index contributed by atoms with van der Waals surface area (Å²) in [6, 6.07) is 1.67. The Bertz CT molecular complexity index is 559. The second-order valence-corrected chi connectivity index (χ2v) is 5.82. The number of likely N-dealkylation sites (tertiary alicyclic amines) is 1. The molecule has 2 aliphatic rings. The van der Waals surface area contributed by atoms with Crippen molar-refractivity contribution in [2.75, 3.05) is 26.2 Å². The van der Waals surface area contributed by atoms with Crippen molar-refractivity contribution < 1.29 is 14.3 Å². The number of carbonyl (C=O) groups is 2. The number of nitrogens with zero attached hydrogens (tertiary/aromatic N) is 2. The van der Waals surface area contributed by atoms with Crippen LogP contribution in [0.15, 0.2) is 12.3 Å². The van der Waals surface area contributed by atoms with Gasteiger partial charge in [-0.15, -0.1) is 0 Å². The molecule has 7 heteroatoms. The van der Waals surface area contributed by atoms with Crippen LogP contribution in [0.4, 0.5) is 0 Å². The summed E-state index contributed by atoms with van der Waals surface area (Å²) in [6.45, 7) is 1.65. The molecule has 0 saturated carbocycles. The van der Waals surface area contributed by atoms with E-state index in [-0.39, 0.29) is 18.4 Å². The fraction of sp³-hybridized carbons (Fsp3) is 0.538. The Balaban J connectivity index is 1.72. The van der Waals surface area contributed by atoms with Gasteiger partial charge in [-0.25, -0.2) is 0 Å². The van der Waals surface area contributed by atoms with E-state index in [1.54, 1.807) is 28.8 Å². The number of ether oxygens (including phenoxy) is 1. The van der Waals surface area contributed by atoms with Gasteiger partial charge in [0.1, 0.15) is 17.9 Å². The molecule has 2 fully saturated rings. The summed E-state index contributed by atoms with van der Waals surface area (Å²) in [5.74, 6) is -0.161. The van der Waals surface area contributed by atoms with Crippen molar-refractivity contribution in [1.82, 2.24) is 14.8 Å². The van der Waals surface area contributed by atoms with Crippen molar-refractivity contribution in [3.8, 4) is 0 Å². The number of nitrogens with one attached hydrogen (secondary N) is 1. The molecule has 1 N–H and O–H groups in total. The number of halogens is 1. The summed E-state index contributed by atoms with van der Waals surface area (Å²) in [6.07, 6.45) is 2.44. The fourth-order valence-electron chi connectivity index (χ4n) is 2.76. The fourth-order valence-corrected chi connectivity index (χ4v) is 3.01. The van der Waals surface area contributed by atoms with Crippen LogP contribution in [0.25, 0.3) is 0 Å². The number of carbonyl (C=O) groups excluding carboxylic acids is 2. The van der Waals surface area contributed by atoms with E-state index in [2.05, 4.69) is 5.32 Å². The van der Waals surface area contributed by atoms with Gasteiger partial charge in [0, 0.05) is 26.3 Å². The first-order chi connectivity index (χ1) is 9.49. The van der Waals surface area contributed by atoms with Crippen LogP contribution in [0, 0.1) is 0 Å². The average Bonchev–Trinajstić information content (AvgIpc) is 2.97. The molecule has 1 aromatic heterocycles. The lowest BCUT2D eigenvalue weighted by atomic mass is 10.0. The number of hydrogen-bond donors (Lipinski definition) is 1. The van der Waals surface area contributed by atoms with Crippen LogP contribution in [-0.2, 0) is 16.6 Å². The monoisotopic (exact) mass is 297 g/mol. The number of hydrogen-bond acceptors (Lipinski definition) is 3. The highest BCUT2D eigenvalue weighted by molar-refractivity contribution is 6.31. The quantitative estimate of drug-likeness (QED) is 0.816. The maximum Gasteiger partial charge on any atom is 0.270 e. The summed E-state index contributed by atoms with van der Waals surface area (Å²) in [7, 11) is 1.79. The van der Waals surface area contributed by atoms with Gasteiger partial charge in [0.25, 0.3) is 5.91 Å². The number of aryl methyl sites for hydroxylation is 1. The maximum atomic E-state index is 12.5. The van der Waals surface area contributed by atoms with E-state index < -0.39 is 5.60 Å². The normalized spacial score (nSPS) is 26.1. The second-order valence-electron chi connectivity index (χ2n) is 5.38. The van der Waals surface area contributed by atoms with Crippen molar-refractivity contribution in [2.45, 2.75) is 12.0 Å². The smallest absolute Gasteiger partial charge is 0.270 e. The highest BCUT2D eigenvalue weighted by Crippen LogP contribution is 2.28. The Kier molecular flexibility index (Phi) is 3.22. The Hall–Kier alpha value is -1.53. The lowest BCUT2D eigenvalue weighted by Gasteiger charge is -2.33. The molecule has 0 bridgehead atoms. The predicted octanol–water partition coefficient (Wildman–Crippen LogP) is 0.410. The average molecular weight is 298 g/mol. The molecule has 3 heterocycles. The lowest BCUT2D eigenvalue weighted by molar-refractivity contribution is -0.141. The lowest BCUT2D eigenvalue weighted by Crippen LogP contribution is -2.54. The standard InChI is InChI=1S/C13H16ClN3O3/c1-16-5-9(14)4-10(16)12(19)17-3-2-13(8-17)7-15-11(18)6-20-13/h4-5H,2-3,6-8H2,1H3,(H,15,18). The van der Waals surface area contributed by atoms with Gasteiger partial charge in [-0.2, -0.15) is 0 Å². The van der Waals surface area contributed by atoms with Crippen LogP contribution >= 0.6 is 11.6 Å². The first kappa shape index (κ1) is 13.5. The molecule has 20 heavy (non-hydrogen) atoms. The van der Waals surface area contributed by atoms with E-state index in [4.69, 9.17) is 16.3 Å². The molecule has 6 nitrogen and oxygen atoms in total. The molecule has 1 aromatic rings. The summed E-state index contributed by atoms with van der Waals surface area (Å²) in [4.78, 5) is 25.4. The Morgan fingerprint density at radius 3 is 2.95 bits per heavy atom. The summed E-state index contributed by atoms with van der Waals surface area (Å²) in [5.41, 5.74) is 0.130. The van der Waals surface area contributed by atoms with Crippen molar-refractivity contribution >= 4 is 23.4 Å². The van der Waals surface area contributed by atoms with Crippen LogP contribution in [0.5, 0.6) is 0 Å². The molecule has 1 atom stereocenters. The zero-order valence-corrected chi connectivity index (χ0v) is 11.9. The third kappa shape index (κ3) is 2.29. The van der Waals surface area contributed by atoms with Crippen LogP contribution in [0.2, 0.25) is 5.02 Å². The van der Waals surface area contributed by atoms with Gasteiger partial charge in [-0.3, -0.25) is 9.59 Å². The number of morpholine rings is 1. The predicted molar refractivity (Wildman–Crippen MR) is 72.6 cm³/mol. The van der Waals surface area contributed by atoms with Gasteiger partial charge >= 0.3 is 0 Å². The Labute approximate surface area is 121 Å². The van der Waals surface area contributed by atoms with Crippen LogP contribution in [0.3, 0.4) is 0 Å². The summed E-state index contributed by atoms with van der Waals surface area (Å²) in [5, 5.41) is 3.35. The van der Waals surface area contributed by atoms with Crippen molar-refractivity contribution in [2.24, 2.45) is 7.05 Å². The molecule has 2 aliphatic heterocycles. The number of amides is 2. The first-order valence-corrected chi connectivity index (χ1v) is 6.89. The molecule has 1 unspecified atom stereocenters. The molecule has 0 aliphatic carbocycles. The minimum atomic E-state index is -0.432. The zero-order chi connectivity index (χ0) is 14.3. The maximum absolute atomic E-state index is 12.5. The van der Waals surface area contributed by atoms with E-state index in [0.717, 1.165) is 6.42 Å². The molecule has 0 radical (unpaired) electrons. The van der Waals surface area contributed by atoms with E-state index in [9.17, 15) is 9.59 Å². The van der Waals surface area contributed by atoms with Gasteiger partial charge in [0.2, 0.25) is 5.91 Å². The largest absolute Gasteiger partial charge is 0.361 e. The van der Waals surface area contributed by atoms with E-state index in [0.29, 0.717) is 30.4 Å². The molecular formula is C13H16ClN3O3. The van der Waals surface area contributed by atoms with Gasteiger partial charge in [0.15, 0.2) is 0 Å². The molecular weight excluding hydrogens is 282 g/mol. The highest BCUT2D eigenvalue weighted by atomic mass is 35.5. The van der Waals surface area contributed by atoms with Gasteiger partial charge in [-0.05, 0) is 12.5 Å². The topological polar surface area (TPSA) is 63.6 Å². The molecule has 2 saturated heterocycles. The Morgan fingerprint density at radius 1 is 1.55 bits per heavy atom. The molecule has 3 rings (SSSR count). The van der Waals surface area contributed by atoms with Crippen LogP contribution in [0.1, 0.15) is 16.9 Å². The minimum Gasteiger partial charge on any atom is -0.361 e. The van der Waals surface area contributed by atoms with Crippen molar-refractivity contribution in [3.63, 3.8) is 0 Å². The highest BCUT2D eigenvalue weighted by Gasteiger charge is 2.44. The molecule has 108 valence electrons. The number of rotatable bonds is 1. The number of aromatic nitrogens is 1. The summed E-state index contributed by atoms with van der Waals surface area (Å²) >= 11 is 5.91. The van der Waals surface area contributed by atoms with Gasteiger partial charge in [0.05, 0.1) is 11.6 Å². The second kappa shape index (κ2) is 4.79. The first-order valence-electron chi connectivity index (χ1n) is 6.51. The van der Waals surface area contributed by atoms with E-state index in [1.807, 2.05) is 0 Å². The van der Waals surface area contributed by atoms with Gasteiger partial charge in [-0.1, -0.05) is 11.6 Å². The van der Waals surface area contributed by atoms with Crippen molar-refractivity contribution in [3.05, 3.63) is 23.0 Å². The summed E-state index contributed by atoms with van der Waals surface area (Å²) < 4.78 is 7.37. The SMILES string of the molecule is Cn1cc(Cl)cc1C(=O)N1CCC2(CNC(=O)CO2)C1. The van der Waals surface area contributed by atoms with E-state index >= 15 is 0 Å².